The summed E-state index contributed by atoms with van der Waals surface area (Å²) in [4.78, 5) is 13.4. The summed E-state index contributed by atoms with van der Waals surface area (Å²) in [5, 5.41) is 16.7. The molecular formula is C17H21N7O. The molecule has 0 aromatic carbocycles. The third-order valence-corrected chi connectivity index (χ3v) is 4.69. The second-order valence-corrected chi connectivity index (χ2v) is 6.73. The van der Waals surface area contributed by atoms with Gasteiger partial charge in [0.2, 0.25) is 5.95 Å². The maximum absolute atomic E-state index is 9.24. The Kier molecular flexibility index (Phi) is 4.34. The lowest BCUT2D eigenvalue weighted by molar-refractivity contribution is 0.0875. The van der Waals surface area contributed by atoms with Gasteiger partial charge >= 0.3 is 0 Å². The molecule has 4 N–H and O–H groups in total. The molecule has 0 spiro atoms. The monoisotopic (exact) mass is 339 g/mol. The molecule has 1 aliphatic heterocycles. The molecule has 1 aliphatic carbocycles. The Morgan fingerprint density at radius 3 is 2.84 bits per heavy atom. The van der Waals surface area contributed by atoms with Gasteiger partial charge in [0.15, 0.2) is 5.82 Å². The average molecular weight is 339 g/mol. The topological polar surface area (TPSA) is 122 Å². The number of nitrogens with one attached hydrogen (secondary N) is 2. The number of anilines is 2. The maximum atomic E-state index is 9.24. The number of ether oxygens (including phenoxy) is 1. The van der Waals surface area contributed by atoms with Gasteiger partial charge in [0.25, 0.3) is 0 Å². The van der Waals surface area contributed by atoms with Gasteiger partial charge in [-0.25, -0.2) is 15.0 Å². The zero-order valence-electron chi connectivity index (χ0n) is 13.9. The molecule has 2 aromatic rings. The van der Waals surface area contributed by atoms with Crippen LogP contribution in [0.25, 0.3) is 10.9 Å². The Bertz CT molecular complexity index is 806. The van der Waals surface area contributed by atoms with Crippen molar-refractivity contribution in [2.24, 2.45) is 5.73 Å². The number of pyridine rings is 1. The first-order chi connectivity index (χ1) is 12.2. The van der Waals surface area contributed by atoms with Crippen molar-refractivity contribution in [2.75, 3.05) is 23.8 Å². The van der Waals surface area contributed by atoms with Crippen molar-refractivity contribution in [3.63, 3.8) is 0 Å². The molecule has 1 saturated heterocycles. The number of hydrogen-bond acceptors (Lipinski definition) is 8. The zero-order valence-corrected chi connectivity index (χ0v) is 13.9. The first kappa shape index (κ1) is 16.0. The number of fused-ring (bicyclic) bond motifs is 1. The molecule has 130 valence electrons. The average Bonchev–Trinajstić information content (AvgIpc) is 2.61. The summed E-state index contributed by atoms with van der Waals surface area (Å²) in [6, 6.07) is 4.57. The first-order valence-electron chi connectivity index (χ1n) is 8.65. The highest BCUT2D eigenvalue weighted by Crippen LogP contribution is 2.25. The van der Waals surface area contributed by atoms with Crippen LogP contribution in [0.5, 0.6) is 0 Å². The molecule has 1 saturated carbocycles. The fourth-order valence-corrected chi connectivity index (χ4v) is 3.28. The van der Waals surface area contributed by atoms with E-state index in [-0.39, 0.29) is 12.1 Å². The summed E-state index contributed by atoms with van der Waals surface area (Å²) in [5.41, 5.74) is 6.89. The molecule has 2 aliphatic rings. The van der Waals surface area contributed by atoms with Crippen LogP contribution in [0.2, 0.25) is 0 Å². The van der Waals surface area contributed by atoms with Crippen LogP contribution in [-0.4, -0.2) is 46.3 Å². The van der Waals surface area contributed by atoms with E-state index in [9.17, 15) is 5.26 Å². The number of rotatable bonds is 4. The predicted octanol–water partition coefficient (Wildman–Crippen LogP) is 1.39. The van der Waals surface area contributed by atoms with Crippen molar-refractivity contribution >= 4 is 22.7 Å². The van der Waals surface area contributed by atoms with Gasteiger partial charge in [-0.2, -0.15) is 5.26 Å². The Labute approximate surface area is 145 Å². The summed E-state index contributed by atoms with van der Waals surface area (Å²) < 4.78 is 5.52. The second-order valence-electron chi connectivity index (χ2n) is 6.73. The number of hydrogen-bond donors (Lipinski definition) is 3. The van der Waals surface area contributed by atoms with Crippen LogP contribution in [0, 0.1) is 11.3 Å². The fraction of sp³-hybridized carbons (Fsp3) is 0.529. The molecule has 0 amide bonds. The van der Waals surface area contributed by atoms with Crippen LogP contribution < -0.4 is 16.4 Å². The minimum Gasteiger partial charge on any atom is -0.379 e. The summed E-state index contributed by atoms with van der Waals surface area (Å²) in [6.45, 7) is 1.43. The number of aromatic nitrogens is 3. The van der Waals surface area contributed by atoms with E-state index in [4.69, 9.17) is 10.5 Å². The molecule has 0 bridgehead atoms. The van der Waals surface area contributed by atoms with E-state index < -0.39 is 0 Å². The van der Waals surface area contributed by atoms with Gasteiger partial charge in [0, 0.05) is 30.3 Å². The normalized spacial score (nSPS) is 25.8. The van der Waals surface area contributed by atoms with Gasteiger partial charge in [-0.05, 0) is 31.7 Å². The van der Waals surface area contributed by atoms with Gasteiger partial charge < -0.3 is 21.1 Å². The molecule has 0 radical (unpaired) electrons. The molecular weight excluding hydrogens is 318 g/mol. The molecule has 2 fully saturated rings. The van der Waals surface area contributed by atoms with Crippen molar-refractivity contribution in [2.45, 2.75) is 43.8 Å². The van der Waals surface area contributed by atoms with Crippen LogP contribution in [0.1, 0.15) is 31.4 Å². The third-order valence-electron chi connectivity index (χ3n) is 4.69. The van der Waals surface area contributed by atoms with Crippen molar-refractivity contribution < 1.29 is 4.74 Å². The van der Waals surface area contributed by atoms with Gasteiger partial charge in [0.05, 0.1) is 12.6 Å². The van der Waals surface area contributed by atoms with E-state index >= 15 is 0 Å². The standard InChI is InChI=1S/C17H21N7O/c18-7-14-4-10-8-20-17(23-13-5-11(19)6-13)24-15(10)16(22-14)21-12-2-1-3-25-9-12/h4,8,11-13H,1-3,5-6,9,19H2,(H,21,22)(H,20,23,24)/t11-,12?,13-. The van der Waals surface area contributed by atoms with E-state index in [1.165, 1.54) is 0 Å². The van der Waals surface area contributed by atoms with Crippen molar-refractivity contribution in [3.8, 4) is 6.07 Å². The highest BCUT2D eigenvalue weighted by Gasteiger charge is 2.26. The molecule has 1 atom stereocenters. The van der Waals surface area contributed by atoms with Crippen molar-refractivity contribution in [3.05, 3.63) is 18.0 Å². The quantitative estimate of drug-likeness (QED) is 0.764. The Morgan fingerprint density at radius 1 is 1.24 bits per heavy atom. The van der Waals surface area contributed by atoms with Crippen LogP contribution in [0.15, 0.2) is 12.3 Å². The fourth-order valence-electron chi connectivity index (χ4n) is 3.28. The SMILES string of the molecule is N#Cc1cc2cnc(N[C@H]3C[C@H](N)C3)nc2c(NC2CCCOC2)n1. The van der Waals surface area contributed by atoms with Crippen LogP contribution in [0.3, 0.4) is 0 Å². The summed E-state index contributed by atoms with van der Waals surface area (Å²) in [5.74, 6) is 1.18. The Morgan fingerprint density at radius 2 is 2.12 bits per heavy atom. The molecule has 4 rings (SSSR count). The number of nitrogens with two attached hydrogens (primary N) is 1. The lowest BCUT2D eigenvalue weighted by Gasteiger charge is -2.32. The zero-order chi connectivity index (χ0) is 17.2. The van der Waals surface area contributed by atoms with Gasteiger partial charge in [-0.1, -0.05) is 0 Å². The lowest BCUT2D eigenvalue weighted by atomic mass is 9.88. The smallest absolute Gasteiger partial charge is 0.223 e. The van der Waals surface area contributed by atoms with Gasteiger partial charge in [-0.3, -0.25) is 0 Å². The van der Waals surface area contributed by atoms with E-state index in [1.807, 2.05) is 0 Å². The van der Waals surface area contributed by atoms with E-state index in [1.54, 1.807) is 12.3 Å². The highest BCUT2D eigenvalue weighted by atomic mass is 16.5. The predicted molar refractivity (Wildman–Crippen MR) is 94.1 cm³/mol. The van der Waals surface area contributed by atoms with E-state index in [2.05, 4.69) is 31.7 Å². The molecule has 8 heteroatoms. The maximum Gasteiger partial charge on any atom is 0.223 e. The molecule has 3 heterocycles. The van der Waals surface area contributed by atoms with Gasteiger partial charge in [0.1, 0.15) is 17.3 Å². The van der Waals surface area contributed by atoms with Crippen LogP contribution >= 0.6 is 0 Å². The second kappa shape index (κ2) is 6.78. The molecule has 25 heavy (non-hydrogen) atoms. The number of nitriles is 1. The van der Waals surface area contributed by atoms with Crippen molar-refractivity contribution in [1.29, 1.82) is 5.26 Å². The highest BCUT2D eigenvalue weighted by molar-refractivity contribution is 5.89. The summed E-state index contributed by atoms with van der Waals surface area (Å²) in [7, 11) is 0. The minimum absolute atomic E-state index is 0.175. The van der Waals surface area contributed by atoms with Crippen LogP contribution in [0.4, 0.5) is 11.8 Å². The van der Waals surface area contributed by atoms with E-state index in [0.717, 1.165) is 37.7 Å². The third kappa shape index (κ3) is 3.48. The van der Waals surface area contributed by atoms with Gasteiger partial charge in [-0.15, -0.1) is 0 Å². The van der Waals surface area contributed by atoms with Crippen molar-refractivity contribution in [1.82, 2.24) is 15.0 Å². The lowest BCUT2D eigenvalue weighted by Crippen LogP contribution is -2.44. The van der Waals surface area contributed by atoms with Crippen LogP contribution in [-0.2, 0) is 4.74 Å². The first-order valence-corrected chi connectivity index (χ1v) is 8.65. The molecule has 8 nitrogen and oxygen atoms in total. The summed E-state index contributed by atoms with van der Waals surface area (Å²) >= 11 is 0. The summed E-state index contributed by atoms with van der Waals surface area (Å²) in [6.07, 6.45) is 5.61. The molecule has 1 unspecified atom stereocenters. The Hall–Kier alpha value is -2.50. The van der Waals surface area contributed by atoms with E-state index in [0.29, 0.717) is 35.6 Å². The number of nitrogens with zero attached hydrogens (tertiary/aromatic N) is 4. The largest absolute Gasteiger partial charge is 0.379 e. The molecule has 2 aromatic heterocycles. The Balaban J connectivity index is 1.64. The minimum atomic E-state index is 0.175.